The van der Waals surface area contributed by atoms with Gasteiger partial charge < -0.3 is 15.6 Å². The quantitative estimate of drug-likeness (QED) is 0.395. The summed E-state index contributed by atoms with van der Waals surface area (Å²) >= 11 is 0. The van der Waals surface area contributed by atoms with Crippen LogP contribution in [0, 0.1) is 5.82 Å². The lowest BCUT2D eigenvalue weighted by atomic mass is 10.0. The van der Waals surface area contributed by atoms with Crippen molar-refractivity contribution in [2.24, 2.45) is 0 Å². The van der Waals surface area contributed by atoms with Crippen molar-refractivity contribution in [2.75, 3.05) is 23.7 Å². The first-order valence-electron chi connectivity index (χ1n) is 10.7. The van der Waals surface area contributed by atoms with E-state index in [1.54, 1.807) is 30.6 Å². The van der Waals surface area contributed by atoms with Crippen molar-refractivity contribution in [1.82, 2.24) is 30.1 Å². The number of H-pyrrole nitrogens is 2. The molecule has 4 aromatic heterocycles. The summed E-state index contributed by atoms with van der Waals surface area (Å²) in [5, 5.41) is 7.68. The van der Waals surface area contributed by atoms with E-state index in [4.69, 9.17) is 10.7 Å². The molecule has 4 N–H and O–H groups in total. The number of anilines is 2. The first-order chi connectivity index (χ1) is 15.7. The number of piperidine rings is 1. The number of imidazole rings is 1. The molecule has 1 saturated heterocycles. The van der Waals surface area contributed by atoms with Gasteiger partial charge in [-0.15, -0.1) is 0 Å². The molecule has 0 radical (unpaired) electrons. The van der Waals surface area contributed by atoms with Gasteiger partial charge in [0.2, 0.25) is 0 Å². The Labute approximate surface area is 182 Å². The molecular formula is C23H21FN8. The lowest BCUT2D eigenvalue weighted by molar-refractivity contribution is 0.574. The molecule has 1 aromatic carbocycles. The standard InChI is InChI=1S/C23H21FN8/c24-19-15(13-10-14(25)12-26-11-13)4-5-16-18(19)21(31-30-16)22-28-17-6-7-27-23(20(17)29-22)32-8-2-1-3-9-32/h4-7,10-12H,1-3,8-9,25H2,(H,28,29)(H,30,31). The van der Waals surface area contributed by atoms with Crippen LogP contribution in [0.25, 0.3) is 44.6 Å². The summed E-state index contributed by atoms with van der Waals surface area (Å²) in [6.45, 7) is 1.93. The first kappa shape index (κ1) is 18.7. The number of nitrogen functional groups attached to an aromatic ring is 1. The number of hydrogen-bond donors (Lipinski definition) is 3. The molecule has 5 heterocycles. The summed E-state index contributed by atoms with van der Waals surface area (Å²) in [6.07, 6.45) is 8.44. The normalized spacial score (nSPS) is 14.5. The maximum Gasteiger partial charge on any atom is 0.159 e. The number of hydrogen-bond acceptors (Lipinski definition) is 6. The number of fused-ring (bicyclic) bond motifs is 2. The van der Waals surface area contributed by atoms with Crippen molar-refractivity contribution in [3.8, 4) is 22.6 Å². The molecule has 0 amide bonds. The number of halogens is 1. The highest BCUT2D eigenvalue weighted by molar-refractivity contribution is 5.97. The maximum absolute atomic E-state index is 15.7. The fourth-order valence-corrected chi connectivity index (χ4v) is 4.44. The molecule has 5 aromatic rings. The van der Waals surface area contributed by atoms with Gasteiger partial charge in [-0.2, -0.15) is 5.10 Å². The second-order valence-corrected chi connectivity index (χ2v) is 8.09. The Morgan fingerprint density at radius 2 is 1.91 bits per heavy atom. The van der Waals surface area contributed by atoms with Gasteiger partial charge in [-0.1, -0.05) is 0 Å². The maximum atomic E-state index is 15.7. The summed E-state index contributed by atoms with van der Waals surface area (Å²) < 4.78 is 15.7. The van der Waals surface area contributed by atoms with Crippen molar-refractivity contribution < 1.29 is 4.39 Å². The van der Waals surface area contributed by atoms with Crippen molar-refractivity contribution >= 4 is 33.4 Å². The highest BCUT2D eigenvalue weighted by Gasteiger charge is 2.22. The zero-order chi connectivity index (χ0) is 21.7. The van der Waals surface area contributed by atoms with Crippen molar-refractivity contribution in [3.63, 3.8) is 0 Å². The van der Waals surface area contributed by atoms with E-state index in [0.29, 0.717) is 39.2 Å². The summed E-state index contributed by atoms with van der Waals surface area (Å²) in [5.41, 5.74) is 9.99. The average molecular weight is 428 g/mol. The van der Waals surface area contributed by atoms with Crippen LogP contribution in [-0.2, 0) is 0 Å². The van der Waals surface area contributed by atoms with Gasteiger partial charge in [0.1, 0.15) is 17.0 Å². The Bertz CT molecular complexity index is 1450. The fraction of sp³-hybridized carbons (Fsp3) is 0.217. The molecule has 32 heavy (non-hydrogen) atoms. The third kappa shape index (κ3) is 2.96. The largest absolute Gasteiger partial charge is 0.397 e. The third-order valence-electron chi connectivity index (χ3n) is 6.00. The molecule has 160 valence electrons. The zero-order valence-electron chi connectivity index (χ0n) is 17.3. The number of benzene rings is 1. The predicted octanol–water partition coefficient (Wildman–Crippen LogP) is 4.27. The first-order valence-corrected chi connectivity index (χ1v) is 10.7. The minimum Gasteiger partial charge on any atom is -0.397 e. The molecule has 6 rings (SSSR count). The van der Waals surface area contributed by atoms with E-state index in [1.165, 1.54) is 12.6 Å². The molecule has 0 bridgehead atoms. The molecule has 1 aliphatic rings. The van der Waals surface area contributed by atoms with Gasteiger partial charge in [-0.3, -0.25) is 10.1 Å². The monoisotopic (exact) mass is 428 g/mol. The van der Waals surface area contributed by atoms with E-state index in [2.05, 4.69) is 30.0 Å². The third-order valence-corrected chi connectivity index (χ3v) is 6.00. The van der Waals surface area contributed by atoms with E-state index in [1.807, 2.05) is 6.07 Å². The molecule has 1 aliphatic heterocycles. The summed E-state index contributed by atoms with van der Waals surface area (Å²) in [5.74, 6) is 0.962. The van der Waals surface area contributed by atoms with Crippen LogP contribution in [-0.4, -0.2) is 43.2 Å². The molecule has 1 fully saturated rings. The predicted molar refractivity (Wildman–Crippen MR) is 123 cm³/mol. The molecule has 0 aliphatic carbocycles. The number of aromatic amines is 2. The van der Waals surface area contributed by atoms with Crippen LogP contribution < -0.4 is 10.6 Å². The van der Waals surface area contributed by atoms with Crippen molar-refractivity contribution in [1.29, 1.82) is 0 Å². The number of pyridine rings is 2. The van der Waals surface area contributed by atoms with Crippen LogP contribution in [0.2, 0.25) is 0 Å². The second kappa shape index (κ2) is 7.30. The molecule has 8 nitrogen and oxygen atoms in total. The minimum atomic E-state index is -0.395. The summed E-state index contributed by atoms with van der Waals surface area (Å²) in [7, 11) is 0. The number of rotatable bonds is 3. The van der Waals surface area contributed by atoms with Gasteiger partial charge in [0.25, 0.3) is 0 Å². The molecule has 0 saturated carbocycles. The number of nitrogens with two attached hydrogens (primary N) is 1. The zero-order valence-corrected chi connectivity index (χ0v) is 17.3. The van der Waals surface area contributed by atoms with Gasteiger partial charge in [-0.05, 0) is 43.5 Å². The highest BCUT2D eigenvalue weighted by Crippen LogP contribution is 2.35. The summed E-state index contributed by atoms with van der Waals surface area (Å²) in [6, 6.07) is 7.09. The topological polar surface area (TPSA) is 112 Å². The lowest BCUT2D eigenvalue weighted by Gasteiger charge is -2.27. The Morgan fingerprint density at radius 1 is 1.03 bits per heavy atom. The highest BCUT2D eigenvalue weighted by atomic mass is 19.1. The van der Waals surface area contributed by atoms with Gasteiger partial charge in [0.15, 0.2) is 11.6 Å². The number of aromatic nitrogens is 6. The number of nitrogens with zero attached hydrogens (tertiary/aromatic N) is 5. The second-order valence-electron chi connectivity index (χ2n) is 8.09. The summed E-state index contributed by atoms with van der Waals surface area (Å²) in [4.78, 5) is 19.0. The Hall–Kier alpha value is -4.01. The van der Waals surface area contributed by atoms with Gasteiger partial charge >= 0.3 is 0 Å². The van der Waals surface area contributed by atoms with E-state index in [9.17, 15) is 0 Å². The molecule has 0 atom stereocenters. The van der Waals surface area contributed by atoms with Gasteiger partial charge in [0.05, 0.1) is 22.1 Å². The SMILES string of the molecule is Nc1cncc(-c2ccc3[nH]nc(-c4nc5c(N6CCCCC6)nccc5[nH]4)c3c2F)c1. The van der Waals surface area contributed by atoms with Gasteiger partial charge in [-0.25, -0.2) is 14.4 Å². The van der Waals surface area contributed by atoms with Crippen molar-refractivity contribution in [3.05, 3.63) is 48.7 Å². The smallest absolute Gasteiger partial charge is 0.159 e. The Morgan fingerprint density at radius 3 is 2.75 bits per heavy atom. The van der Waals surface area contributed by atoms with E-state index in [0.717, 1.165) is 42.8 Å². The van der Waals surface area contributed by atoms with Crippen LogP contribution in [0.15, 0.2) is 42.9 Å². The van der Waals surface area contributed by atoms with Crippen LogP contribution in [0.1, 0.15) is 19.3 Å². The Balaban J connectivity index is 1.50. The molecular weight excluding hydrogens is 407 g/mol. The van der Waals surface area contributed by atoms with E-state index < -0.39 is 5.82 Å². The molecule has 0 spiro atoms. The minimum absolute atomic E-state index is 0.372. The van der Waals surface area contributed by atoms with E-state index >= 15 is 4.39 Å². The Kier molecular flexibility index (Phi) is 4.27. The average Bonchev–Trinajstić information content (AvgIpc) is 3.44. The van der Waals surface area contributed by atoms with Crippen LogP contribution >= 0.6 is 0 Å². The van der Waals surface area contributed by atoms with Crippen LogP contribution in [0.5, 0.6) is 0 Å². The number of nitrogens with one attached hydrogen (secondary N) is 2. The van der Waals surface area contributed by atoms with Crippen molar-refractivity contribution in [2.45, 2.75) is 19.3 Å². The fourth-order valence-electron chi connectivity index (χ4n) is 4.44. The van der Waals surface area contributed by atoms with E-state index in [-0.39, 0.29) is 0 Å². The van der Waals surface area contributed by atoms with Gasteiger partial charge in [0, 0.05) is 42.8 Å². The lowest BCUT2D eigenvalue weighted by Crippen LogP contribution is -2.30. The van der Waals surface area contributed by atoms with Crippen LogP contribution in [0.3, 0.4) is 0 Å². The molecule has 9 heteroatoms. The van der Waals surface area contributed by atoms with Crippen LogP contribution in [0.4, 0.5) is 15.9 Å². The molecule has 0 unspecified atom stereocenters.